The van der Waals surface area contributed by atoms with Gasteiger partial charge in [0.25, 0.3) is 5.91 Å². The SMILES string of the molecule is CCOC(=O)c1c(NC(=O)c2ccccc2Cl)sc(C(=O)OCc2ccccc2)c1C. The highest BCUT2D eigenvalue weighted by Crippen LogP contribution is 2.35. The van der Waals surface area contributed by atoms with Gasteiger partial charge in [-0.1, -0.05) is 54.1 Å². The molecule has 3 rings (SSSR count). The molecular weight excluding hydrogens is 438 g/mol. The largest absolute Gasteiger partial charge is 0.462 e. The molecule has 160 valence electrons. The van der Waals surface area contributed by atoms with Gasteiger partial charge in [0.05, 0.1) is 22.8 Å². The van der Waals surface area contributed by atoms with Gasteiger partial charge in [-0.2, -0.15) is 0 Å². The Morgan fingerprint density at radius 3 is 2.32 bits per heavy atom. The van der Waals surface area contributed by atoms with E-state index in [-0.39, 0.29) is 39.2 Å². The average Bonchev–Trinajstić information content (AvgIpc) is 3.09. The maximum atomic E-state index is 12.7. The summed E-state index contributed by atoms with van der Waals surface area (Å²) in [5.41, 5.74) is 1.59. The molecule has 31 heavy (non-hydrogen) atoms. The van der Waals surface area contributed by atoms with Crippen LogP contribution in [0.25, 0.3) is 0 Å². The van der Waals surface area contributed by atoms with Crippen molar-refractivity contribution >= 4 is 45.8 Å². The van der Waals surface area contributed by atoms with E-state index >= 15 is 0 Å². The molecule has 0 aliphatic carbocycles. The average molecular weight is 458 g/mol. The molecule has 2 aromatic carbocycles. The Bertz CT molecular complexity index is 1110. The fraction of sp³-hybridized carbons (Fsp3) is 0.174. The Morgan fingerprint density at radius 1 is 0.968 bits per heavy atom. The van der Waals surface area contributed by atoms with Gasteiger partial charge in [-0.25, -0.2) is 9.59 Å². The van der Waals surface area contributed by atoms with E-state index < -0.39 is 17.8 Å². The number of amides is 1. The van der Waals surface area contributed by atoms with Crippen LogP contribution in [0.3, 0.4) is 0 Å². The molecule has 1 heterocycles. The van der Waals surface area contributed by atoms with E-state index in [1.54, 1.807) is 38.1 Å². The topological polar surface area (TPSA) is 81.7 Å². The fourth-order valence-electron chi connectivity index (χ4n) is 2.85. The minimum absolute atomic E-state index is 0.0903. The van der Waals surface area contributed by atoms with Crippen molar-refractivity contribution < 1.29 is 23.9 Å². The molecule has 3 aromatic rings. The van der Waals surface area contributed by atoms with Gasteiger partial charge < -0.3 is 14.8 Å². The highest BCUT2D eigenvalue weighted by Gasteiger charge is 2.28. The molecule has 0 saturated heterocycles. The maximum absolute atomic E-state index is 12.7. The second kappa shape index (κ2) is 10.2. The van der Waals surface area contributed by atoms with Crippen molar-refractivity contribution in [1.29, 1.82) is 0 Å². The van der Waals surface area contributed by atoms with Crippen molar-refractivity contribution in [2.24, 2.45) is 0 Å². The number of rotatable bonds is 7. The highest BCUT2D eigenvalue weighted by atomic mass is 35.5. The van der Waals surface area contributed by atoms with Crippen LogP contribution in [0.4, 0.5) is 5.00 Å². The molecule has 1 N–H and O–H groups in total. The minimum Gasteiger partial charge on any atom is -0.462 e. The Balaban J connectivity index is 1.89. The summed E-state index contributed by atoms with van der Waals surface area (Å²) in [6, 6.07) is 15.8. The Hall–Kier alpha value is -3.16. The molecule has 0 fully saturated rings. The second-order valence-electron chi connectivity index (χ2n) is 6.48. The number of anilines is 1. The Kier molecular flexibility index (Phi) is 7.44. The molecule has 0 spiro atoms. The molecular formula is C23H20ClNO5S. The molecule has 0 saturated carbocycles. The van der Waals surface area contributed by atoms with E-state index in [9.17, 15) is 14.4 Å². The second-order valence-corrected chi connectivity index (χ2v) is 7.90. The third-order valence-corrected chi connectivity index (χ3v) is 5.89. The normalized spacial score (nSPS) is 10.4. The van der Waals surface area contributed by atoms with E-state index in [1.165, 1.54) is 0 Å². The number of benzene rings is 2. The minimum atomic E-state index is -0.632. The lowest BCUT2D eigenvalue weighted by Crippen LogP contribution is -2.15. The zero-order valence-electron chi connectivity index (χ0n) is 16.9. The predicted molar refractivity (Wildman–Crippen MR) is 120 cm³/mol. The Labute approximate surface area is 188 Å². The molecule has 0 aliphatic rings. The summed E-state index contributed by atoms with van der Waals surface area (Å²) in [5.74, 6) is -1.72. The van der Waals surface area contributed by atoms with Crippen LogP contribution in [0.1, 0.15) is 48.4 Å². The first-order chi connectivity index (χ1) is 14.9. The summed E-state index contributed by atoms with van der Waals surface area (Å²) in [7, 11) is 0. The number of esters is 2. The standard InChI is InChI=1S/C23H20ClNO5S/c1-3-29-22(27)18-14(2)19(23(28)30-13-15-9-5-4-6-10-15)31-21(18)25-20(26)16-11-7-8-12-17(16)24/h4-12H,3,13H2,1-2H3,(H,25,26). The number of carbonyl (C=O) groups excluding carboxylic acids is 3. The van der Waals surface area contributed by atoms with E-state index in [1.807, 2.05) is 30.3 Å². The highest BCUT2D eigenvalue weighted by molar-refractivity contribution is 7.18. The van der Waals surface area contributed by atoms with Crippen LogP contribution in [0, 0.1) is 6.92 Å². The number of nitrogens with one attached hydrogen (secondary N) is 1. The van der Waals surface area contributed by atoms with E-state index in [0.717, 1.165) is 16.9 Å². The third-order valence-electron chi connectivity index (χ3n) is 4.37. The van der Waals surface area contributed by atoms with Gasteiger partial charge in [0.2, 0.25) is 0 Å². The predicted octanol–water partition coefficient (Wildman–Crippen LogP) is 5.50. The van der Waals surface area contributed by atoms with Crippen molar-refractivity contribution in [3.63, 3.8) is 0 Å². The molecule has 0 atom stereocenters. The monoisotopic (exact) mass is 457 g/mol. The number of hydrogen-bond donors (Lipinski definition) is 1. The first kappa shape index (κ1) is 22.5. The molecule has 0 unspecified atom stereocenters. The van der Waals surface area contributed by atoms with Gasteiger partial charge >= 0.3 is 11.9 Å². The fourth-order valence-corrected chi connectivity index (χ4v) is 4.16. The van der Waals surface area contributed by atoms with Crippen molar-refractivity contribution in [3.05, 3.63) is 86.8 Å². The molecule has 1 aromatic heterocycles. The molecule has 8 heteroatoms. The summed E-state index contributed by atoms with van der Waals surface area (Å²) < 4.78 is 10.5. The van der Waals surface area contributed by atoms with Crippen LogP contribution in [0.5, 0.6) is 0 Å². The molecule has 0 bridgehead atoms. The summed E-state index contributed by atoms with van der Waals surface area (Å²) in [4.78, 5) is 38.2. The van der Waals surface area contributed by atoms with E-state index in [0.29, 0.717) is 5.56 Å². The molecule has 1 amide bonds. The van der Waals surface area contributed by atoms with Crippen LogP contribution in [0.15, 0.2) is 54.6 Å². The van der Waals surface area contributed by atoms with E-state index in [4.69, 9.17) is 21.1 Å². The first-order valence-electron chi connectivity index (χ1n) is 9.49. The van der Waals surface area contributed by atoms with Crippen LogP contribution in [0.2, 0.25) is 5.02 Å². The van der Waals surface area contributed by atoms with Crippen molar-refractivity contribution in [2.45, 2.75) is 20.5 Å². The van der Waals surface area contributed by atoms with Crippen molar-refractivity contribution in [3.8, 4) is 0 Å². The van der Waals surface area contributed by atoms with Gasteiger partial charge in [0.1, 0.15) is 16.5 Å². The molecule has 6 nitrogen and oxygen atoms in total. The zero-order chi connectivity index (χ0) is 22.4. The van der Waals surface area contributed by atoms with Crippen molar-refractivity contribution in [2.75, 3.05) is 11.9 Å². The summed E-state index contributed by atoms with van der Waals surface area (Å²) in [6.07, 6.45) is 0. The maximum Gasteiger partial charge on any atom is 0.349 e. The first-order valence-corrected chi connectivity index (χ1v) is 10.7. The van der Waals surface area contributed by atoms with E-state index in [2.05, 4.69) is 5.32 Å². The van der Waals surface area contributed by atoms with Crippen LogP contribution >= 0.6 is 22.9 Å². The van der Waals surface area contributed by atoms with Crippen LogP contribution < -0.4 is 5.32 Å². The zero-order valence-corrected chi connectivity index (χ0v) is 18.5. The van der Waals surface area contributed by atoms with Crippen LogP contribution in [-0.2, 0) is 16.1 Å². The smallest absolute Gasteiger partial charge is 0.349 e. The third kappa shape index (κ3) is 5.31. The lowest BCUT2D eigenvalue weighted by atomic mass is 10.1. The molecule has 0 radical (unpaired) electrons. The number of halogens is 1. The summed E-state index contributed by atoms with van der Waals surface area (Å²) >= 11 is 7.06. The number of carbonyl (C=O) groups is 3. The van der Waals surface area contributed by atoms with Gasteiger partial charge in [0.15, 0.2) is 0 Å². The van der Waals surface area contributed by atoms with Gasteiger partial charge in [-0.3, -0.25) is 4.79 Å². The number of thiophene rings is 1. The summed E-state index contributed by atoms with van der Waals surface area (Å²) in [5, 5.41) is 3.16. The number of ether oxygens (including phenoxy) is 2. The lowest BCUT2D eigenvalue weighted by molar-refractivity contribution is 0.0477. The Morgan fingerprint density at radius 2 is 1.65 bits per heavy atom. The van der Waals surface area contributed by atoms with Crippen LogP contribution in [-0.4, -0.2) is 24.5 Å². The van der Waals surface area contributed by atoms with Gasteiger partial charge in [-0.15, -0.1) is 11.3 Å². The van der Waals surface area contributed by atoms with Gasteiger partial charge in [-0.05, 0) is 37.1 Å². The van der Waals surface area contributed by atoms with Gasteiger partial charge in [0, 0.05) is 0 Å². The lowest BCUT2D eigenvalue weighted by Gasteiger charge is -2.08. The number of hydrogen-bond acceptors (Lipinski definition) is 6. The molecule has 0 aliphatic heterocycles. The quantitative estimate of drug-likeness (QED) is 0.474. The van der Waals surface area contributed by atoms with Crippen molar-refractivity contribution in [1.82, 2.24) is 0 Å². The summed E-state index contributed by atoms with van der Waals surface area (Å²) in [6.45, 7) is 3.54.